The SMILES string of the molecule is COc1cc(OC)c(-c2c(OC)cc(OC)cc2P(c2ccc(C)cc2)c2ccc(C)cc2)c(P(c2ccc(C)cc2)c2ccc(C)cc2)c1. The summed E-state index contributed by atoms with van der Waals surface area (Å²) in [5.41, 5.74) is 6.85. The van der Waals surface area contributed by atoms with Crippen LogP contribution in [0.5, 0.6) is 23.0 Å². The molecule has 0 aliphatic heterocycles. The van der Waals surface area contributed by atoms with Gasteiger partial charge in [-0.15, -0.1) is 0 Å². The van der Waals surface area contributed by atoms with Crippen LogP contribution in [-0.2, 0) is 0 Å². The fourth-order valence-corrected chi connectivity index (χ4v) is 11.1. The highest BCUT2D eigenvalue weighted by Crippen LogP contribution is 2.49. The number of methoxy groups -OCH3 is 4. The summed E-state index contributed by atoms with van der Waals surface area (Å²) < 4.78 is 24.6. The zero-order valence-corrected chi connectivity index (χ0v) is 31.9. The molecule has 6 aromatic rings. The Morgan fingerprint density at radius 3 is 0.820 bits per heavy atom. The molecule has 6 heteroatoms. The lowest BCUT2D eigenvalue weighted by Gasteiger charge is -2.29. The summed E-state index contributed by atoms with van der Waals surface area (Å²) in [6.45, 7) is 8.52. The molecule has 0 heterocycles. The van der Waals surface area contributed by atoms with Crippen LogP contribution in [0.15, 0.2) is 121 Å². The third-order valence-corrected chi connectivity index (χ3v) is 13.8. The summed E-state index contributed by atoms with van der Waals surface area (Å²) in [5.74, 6) is 2.92. The maximum Gasteiger partial charge on any atom is 0.131 e. The highest BCUT2D eigenvalue weighted by molar-refractivity contribution is 7.80. The summed E-state index contributed by atoms with van der Waals surface area (Å²) in [6, 6.07) is 44.0. The van der Waals surface area contributed by atoms with Crippen LogP contribution in [0.4, 0.5) is 0 Å². The van der Waals surface area contributed by atoms with Crippen molar-refractivity contribution in [3.8, 4) is 34.1 Å². The monoisotopic (exact) mass is 698 g/mol. The predicted molar refractivity (Wildman–Crippen MR) is 214 cm³/mol. The van der Waals surface area contributed by atoms with Crippen LogP contribution in [0.2, 0.25) is 0 Å². The van der Waals surface area contributed by atoms with Gasteiger partial charge in [0.05, 0.1) is 28.4 Å². The maximum atomic E-state index is 6.33. The van der Waals surface area contributed by atoms with E-state index in [1.165, 1.54) is 43.5 Å². The molecule has 0 spiro atoms. The number of ether oxygens (including phenoxy) is 4. The third kappa shape index (κ3) is 7.29. The van der Waals surface area contributed by atoms with Crippen LogP contribution in [-0.4, -0.2) is 28.4 Å². The largest absolute Gasteiger partial charge is 0.497 e. The zero-order chi connectivity index (χ0) is 35.4. The summed E-state index contributed by atoms with van der Waals surface area (Å²) in [5, 5.41) is 7.19. The molecule has 0 saturated heterocycles. The van der Waals surface area contributed by atoms with E-state index in [4.69, 9.17) is 18.9 Å². The second-order valence-corrected chi connectivity index (χ2v) is 16.8. The van der Waals surface area contributed by atoms with E-state index in [2.05, 4.69) is 137 Å². The van der Waals surface area contributed by atoms with E-state index in [0.29, 0.717) is 0 Å². The Hall–Kier alpha value is -4.62. The van der Waals surface area contributed by atoms with Crippen LogP contribution >= 0.6 is 15.8 Å². The van der Waals surface area contributed by atoms with Gasteiger partial charge in [0.25, 0.3) is 0 Å². The first-order valence-corrected chi connectivity index (χ1v) is 19.3. The van der Waals surface area contributed by atoms with Crippen LogP contribution < -0.4 is 50.8 Å². The first-order chi connectivity index (χ1) is 24.2. The van der Waals surface area contributed by atoms with Gasteiger partial charge in [0.1, 0.15) is 23.0 Å². The minimum atomic E-state index is -1.08. The highest BCUT2D eigenvalue weighted by Gasteiger charge is 2.31. The Kier molecular flexibility index (Phi) is 10.9. The number of hydrogen-bond acceptors (Lipinski definition) is 4. The lowest BCUT2D eigenvalue weighted by Crippen LogP contribution is -2.27. The number of benzene rings is 6. The van der Waals surface area contributed by atoms with Crippen molar-refractivity contribution in [2.45, 2.75) is 27.7 Å². The smallest absolute Gasteiger partial charge is 0.131 e. The van der Waals surface area contributed by atoms with Crippen LogP contribution in [0.1, 0.15) is 22.3 Å². The van der Waals surface area contributed by atoms with Crippen molar-refractivity contribution in [3.63, 3.8) is 0 Å². The Labute approximate surface area is 299 Å². The van der Waals surface area contributed by atoms with Crippen LogP contribution in [0, 0.1) is 27.7 Å². The van der Waals surface area contributed by atoms with Gasteiger partial charge in [0.15, 0.2) is 0 Å². The molecule has 6 rings (SSSR count). The van der Waals surface area contributed by atoms with E-state index < -0.39 is 15.8 Å². The minimum Gasteiger partial charge on any atom is -0.497 e. The molecular formula is C44H44O4P2. The molecule has 50 heavy (non-hydrogen) atoms. The quantitative estimate of drug-likeness (QED) is 0.128. The fraction of sp³-hybridized carbons (Fsp3) is 0.182. The van der Waals surface area contributed by atoms with Gasteiger partial charge < -0.3 is 18.9 Å². The molecule has 0 unspecified atom stereocenters. The van der Waals surface area contributed by atoms with Gasteiger partial charge in [-0.1, -0.05) is 119 Å². The van der Waals surface area contributed by atoms with Crippen molar-refractivity contribution < 1.29 is 18.9 Å². The minimum absolute atomic E-state index is 0.721. The normalized spacial score (nSPS) is 11.2. The van der Waals surface area contributed by atoms with E-state index in [1.54, 1.807) is 28.4 Å². The Morgan fingerprint density at radius 1 is 0.340 bits per heavy atom. The first-order valence-electron chi connectivity index (χ1n) is 16.6. The van der Waals surface area contributed by atoms with Gasteiger partial charge >= 0.3 is 0 Å². The van der Waals surface area contributed by atoms with Crippen LogP contribution in [0.3, 0.4) is 0 Å². The van der Waals surface area contributed by atoms with E-state index in [-0.39, 0.29) is 0 Å². The van der Waals surface area contributed by atoms with Crippen molar-refractivity contribution >= 4 is 47.7 Å². The van der Waals surface area contributed by atoms with E-state index >= 15 is 0 Å². The van der Waals surface area contributed by atoms with Crippen molar-refractivity contribution in [2.75, 3.05) is 28.4 Å². The van der Waals surface area contributed by atoms with E-state index in [9.17, 15) is 0 Å². The first kappa shape index (κ1) is 35.2. The summed E-state index contributed by atoms with van der Waals surface area (Å²) in [4.78, 5) is 0. The molecule has 254 valence electrons. The van der Waals surface area contributed by atoms with Crippen molar-refractivity contribution in [1.29, 1.82) is 0 Å². The average molecular weight is 699 g/mol. The molecule has 0 N–H and O–H groups in total. The highest BCUT2D eigenvalue weighted by atomic mass is 31.1. The van der Waals surface area contributed by atoms with Gasteiger partial charge in [0.2, 0.25) is 0 Å². The second-order valence-electron chi connectivity index (χ2n) is 12.5. The average Bonchev–Trinajstić information content (AvgIpc) is 3.14. The number of rotatable bonds is 11. The number of aryl methyl sites for hydroxylation is 4. The molecule has 0 saturated carbocycles. The van der Waals surface area contributed by atoms with Crippen LogP contribution in [0.25, 0.3) is 11.1 Å². The van der Waals surface area contributed by atoms with Gasteiger partial charge in [-0.05, 0) is 76.9 Å². The van der Waals surface area contributed by atoms with Crippen molar-refractivity contribution in [1.82, 2.24) is 0 Å². The van der Waals surface area contributed by atoms with Gasteiger partial charge in [-0.25, -0.2) is 0 Å². The van der Waals surface area contributed by atoms with E-state index in [1.807, 2.05) is 12.1 Å². The lowest BCUT2D eigenvalue weighted by molar-refractivity contribution is 0.392. The van der Waals surface area contributed by atoms with Crippen molar-refractivity contribution in [3.05, 3.63) is 144 Å². The lowest BCUT2D eigenvalue weighted by atomic mass is 10.0. The standard InChI is InChI=1S/C44H44O4P2/c1-29-9-17-35(18-10-29)49(36-19-11-30(2)12-20-36)41-27-33(45-5)25-39(47-7)43(41)44-40(48-8)26-34(46-6)28-42(44)50(37-21-13-31(3)14-22-37)38-23-15-32(4)16-24-38/h9-28H,1-8H3. The summed E-state index contributed by atoms with van der Waals surface area (Å²) in [6.07, 6.45) is 0. The van der Waals surface area contributed by atoms with Gasteiger partial charge in [-0.2, -0.15) is 0 Å². The molecule has 0 aliphatic rings. The molecule has 0 radical (unpaired) electrons. The maximum absolute atomic E-state index is 6.33. The predicted octanol–water partition coefficient (Wildman–Crippen LogP) is 8.14. The second kappa shape index (κ2) is 15.5. The fourth-order valence-electron chi connectivity index (χ4n) is 6.20. The Morgan fingerprint density at radius 2 is 0.600 bits per heavy atom. The van der Waals surface area contributed by atoms with Gasteiger partial charge in [-0.3, -0.25) is 0 Å². The Balaban J connectivity index is 1.76. The van der Waals surface area contributed by atoms with Crippen molar-refractivity contribution in [2.24, 2.45) is 0 Å². The molecule has 0 bridgehead atoms. The molecule has 0 amide bonds. The van der Waals surface area contributed by atoms with E-state index in [0.717, 1.165) is 44.7 Å². The molecule has 0 aromatic heterocycles. The zero-order valence-electron chi connectivity index (χ0n) is 30.1. The summed E-state index contributed by atoms with van der Waals surface area (Å²) in [7, 11) is 4.75. The third-order valence-electron chi connectivity index (χ3n) is 8.92. The molecule has 0 fully saturated rings. The topological polar surface area (TPSA) is 36.9 Å². The molecule has 0 atom stereocenters. The summed E-state index contributed by atoms with van der Waals surface area (Å²) >= 11 is 0. The molecule has 0 aliphatic carbocycles. The molecule has 4 nitrogen and oxygen atoms in total. The molecular weight excluding hydrogens is 654 g/mol. The van der Waals surface area contributed by atoms with Gasteiger partial charge in [0, 0.05) is 33.9 Å². The Bertz CT molecular complexity index is 1830. The molecule has 6 aromatic carbocycles. The number of hydrogen-bond donors (Lipinski definition) is 0.